The lowest BCUT2D eigenvalue weighted by Crippen LogP contribution is -2.08. The maximum atomic E-state index is 6.46. The molecule has 0 aliphatic heterocycles. The number of rotatable bonds is 2. The topological polar surface area (TPSA) is 74.6 Å². The Labute approximate surface area is 48.3 Å². The van der Waals surface area contributed by atoms with Crippen LogP contribution < -0.4 is 5.73 Å². The van der Waals surface area contributed by atoms with Crippen molar-refractivity contribution in [1.82, 2.24) is 0 Å². The number of nitrogens with zero attached hydrogens (tertiary/aromatic N) is 2. The highest BCUT2D eigenvalue weighted by Gasteiger charge is 1.89. The van der Waals surface area contributed by atoms with E-state index in [0.29, 0.717) is 5.84 Å². The monoisotopic (exact) mass is 114 g/mol. The third-order valence-corrected chi connectivity index (χ3v) is 0.577. The normalized spacial score (nSPS) is 15.5. The fourth-order valence-electron chi connectivity index (χ4n) is 0.324. The maximum absolute atomic E-state index is 6.46. The van der Waals surface area contributed by atoms with Crippen molar-refractivity contribution in [3.63, 3.8) is 0 Å². The molecule has 0 bridgehead atoms. The lowest BCUT2D eigenvalue weighted by Gasteiger charge is -1.94. The summed E-state index contributed by atoms with van der Waals surface area (Å²) < 4.78 is 0. The van der Waals surface area contributed by atoms with Crippen LogP contribution in [0.25, 0.3) is 0 Å². The van der Waals surface area contributed by atoms with Gasteiger partial charge in [-0.25, -0.2) is 10.5 Å². The lowest BCUT2D eigenvalue weighted by atomic mass is 10.6. The van der Waals surface area contributed by atoms with Crippen molar-refractivity contribution in [3.05, 3.63) is 0 Å². The van der Waals surface area contributed by atoms with E-state index in [1.54, 1.807) is 13.8 Å². The van der Waals surface area contributed by atoms with Crippen molar-refractivity contribution < 1.29 is 0 Å². The van der Waals surface area contributed by atoms with Crippen molar-refractivity contribution in [2.24, 2.45) is 15.8 Å². The molecule has 0 aliphatic rings. The van der Waals surface area contributed by atoms with Gasteiger partial charge in [0.2, 0.25) is 0 Å². The van der Waals surface area contributed by atoms with Crippen molar-refractivity contribution in [2.45, 2.75) is 20.0 Å². The van der Waals surface area contributed by atoms with Gasteiger partial charge in [0.1, 0.15) is 0 Å². The van der Waals surface area contributed by atoms with Crippen LogP contribution >= 0.6 is 0 Å². The van der Waals surface area contributed by atoms with E-state index in [1.165, 1.54) is 0 Å². The average molecular weight is 114 g/mol. The number of aliphatic imine (C=N–C) groups is 1. The highest BCUT2D eigenvalue weighted by atomic mass is 15.1. The lowest BCUT2D eigenvalue weighted by molar-refractivity contribution is 0.716. The molecule has 46 valence electrons. The highest BCUT2D eigenvalue weighted by Crippen LogP contribution is 1.87. The summed E-state index contributed by atoms with van der Waals surface area (Å²) in [5, 5.41) is 3.11. The minimum atomic E-state index is -0.319. The van der Waals surface area contributed by atoms with Gasteiger partial charge in [0.05, 0.1) is 5.84 Å². The average Bonchev–Trinajstić information content (AvgIpc) is 1.65. The van der Waals surface area contributed by atoms with Gasteiger partial charge in [-0.05, 0) is 13.8 Å². The van der Waals surface area contributed by atoms with Gasteiger partial charge in [-0.2, -0.15) is 5.11 Å². The van der Waals surface area contributed by atoms with Crippen LogP contribution in [0, 0.1) is 5.53 Å². The summed E-state index contributed by atoms with van der Waals surface area (Å²) in [5.74, 6) is 0.466. The zero-order valence-electron chi connectivity index (χ0n) is 5.05. The Bertz CT molecular complexity index is 103. The van der Waals surface area contributed by atoms with E-state index in [4.69, 9.17) is 11.3 Å². The molecule has 3 N–H and O–H groups in total. The summed E-state index contributed by atoms with van der Waals surface area (Å²) in [6.45, 7) is 3.37. The van der Waals surface area contributed by atoms with E-state index < -0.39 is 0 Å². The van der Waals surface area contributed by atoms with Gasteiger partial charge in [-0.1, -0.05) is 0 Å². The van der Waals surface area contributed by atoms with E-state index in [0.717, 1.165) is 0 Å². The minimum Gasteiger partial charge on any atom is -0.388 e. The van der Waals surface area contributed by atoms with E-state index in [2.05, 4.69) is 10.1 Å². The van der Waals surface area contributed by atoms with Crippen LogP contribution in [0.1, 0.15) is 13.8 Å². The van der Waals surface area contributed by atoms with Crippen LogP contribution in [-0.2, 0) is 0 Å². The van der Waals surface area contributed by atoms with E-state index in [9.17, 15) is 0 Å². The highest BCUT2D eigenvalue weighted by molar-refractivity contribution is 5.77. The molecule has 0 spiro atoms. The smallest absolute Gasteiger partial charge is 0.159 e. The Morgan fingerprint density at radius 3 is 2.38 bits per heavy atom. The molecule has 0 radical (unpaired) electrons. The van der Waals surface area contributed by atoms with Crippen LogP contribution in [0.4, 0.5) is 0 Å². The zero-order chi connectivity index (χ0) is 6.57. The zero-order valence-corrected chi connectivity index (χ0v) is 5.05. The fourth-order valence-corrected chi connectivity index (χ4v) is 0.324. The van der Waals surface area contributed by atoms with Gasteiger partial charge < -0.3 is 5.73 Å². The molecule has 0 amide bonds. The molecule has 8 heavy (non-hydrogen) atoms. The summed E-state index contributed by atoms with van der Waals surface area (Å²) >= 11 is 0. The second-order valence-electron chi connectivity index (χ2n) is 1.53. The molecular weight excluding hydrogens is 104 g/mol. The third kappa shape index (κ3) is 3.27. The molecule has 0 aromatic carbocycles. The number of hydrogen-bond acceptors (Lipinski definition) is 3. The van der Waals surface area contributed by atoms with Crippen LogP contribution in [0.15, 0.2) is 10.1 Å². The Kier molecular flexibility index (Phi) is 2.76. The van der Waals surface area contributed by atoms with E-state index >= 15 is 0 Å². The fraction of sp³-hybridized carbons (Fsp3) is 0.750. The SMILES string of the molecule is CC(N)=NC(C)N=N. The van der Waals surface area contributed by atoms with Crippen LogP contribution in [-0.4, -0.2) is 12.0 Å². The minimum absolute atomic E-state index is 0.319. The van der Waals surface area contributed by atoms with E-state index in [-0.39, 0.29) is 6.17 Å². The number of nitrogens with one attached hydrogen (secondary N) is 1. The molecule has 0 aromatic heterocycles. The van der Waals surface area contributed by atoms with Crippen molar-refractivity contribution >= 4 is 5.84 Å². The molecule has 1 unspecified atom stereocenters. The van der Waals surface area contributed by atoms with Gasteiger partial charge in [-0.15, -0.1) is 0 Å². The molecule has 0 heterocycles. The number of hydrogen-bond donors (Lipinski definition) is 2. The summed E-state index contributed by atoms with van der Waals surface area (Å²) in [7, 11) is 0. The van der Waals surface area contributed by atoms with Crippen LogP contribution in [0.5, 0.6) is 0 Å². The van der Waals surface area contributed by atoms with Crippen LogP contribution in [0.2, 0.25) is 0 Å². The summed E-state index contributed by atoms with van der Waals surface area (Å²) in [5.41, 5.74) is 11.6. The Morgan fingerprint density at radius 2 is 2.25 bits per heavy atom. The van der Waals surface area contributed by atoms with Gasteiger partial charge >= 0.3 is 0 Å². The second kappa shape index (κ2) is 3.12. The first kappa shape index (κ1) is 7.07. The third-order valence-electron chi connectivity index (χ3n) is 0.577. The van der Waals surface area contributed by atoms with Crippen molar-refractivity contribution in [3.8, 4) is 0 Å². The standard InChI is InChI=1S/C4H10N4/c1-3(5)7-4(2)8-6/h4,6H,1-2H3,(H2,5,7). The van der Waals surface area contributed by atoms with Crippen molar-refractivity contribution in [1.29, 1.82) is 5.53 Å². The van der Waals surface area contributed by atoms with Crippen molar-refractivity contribution in [2.75, 3.05) is 0 Å². The molecule has 0 rings (SSSR count). The first-order chi connectivity index (χ1) is 3.66. The molecule has 0 saturated heterocycles. The molecule has 0 fully saturated rings. The summed E-state index contributed by atoms with van der Waals surface area (Å²) in [4.78, 5) is 3.74. The summed E-state index contributed by atoms with van der Waals surface area (Å²) in [6.07, 6.45) is -0.319. The predicted molar refractivity (Wildman–Crippen MR) is 31.9 cm³/mol. The van der Waals surface area contributed by atoms with Gasteiger partial charge in [0.25, 0.3) is 0 Å². The second-order valence-corrected chi connectivity index (χ2v) is 1.53. The summed E-state index contributed by atoms with van der Waals surface area (Å²) in [6, 6.07) is 0. The Hall–Kier alpha value is -0.930. The first-order valence-corrected chi connectivity index (χ1v) is 2.33. The first-order valence-electron chi connectivity index (χ1n) is 2.33. The predicted octanol–water partition coefficient (Wildman–Crippen LogP) is 0.740. The number of amidine groups is 1. The molecule has 4 nitrogen and oxygen atoms in total. The molecule has 1 atom stereocenters. The molecule has 4 heteroatoms. The molecular formula is C4H10N4. The molecule has 0 aliphatic carbocycles. The van der Waals surface area contributed by atoms with Gasteiger partial charge in [0.15, 0.2) is 6.17 Å². The molecule has 0 saturated carbocycles. The largest absolute Gasteiger partial charge is 0.388 e. The quantitative estimate of drug-likeness (QED) is 0.310. The Balaban J connectivity index is 3.68. The van der Waals surface area contributed by atoms with E-state index in [1.807, 2.05) is 0 Å². The Morgan fingerprint density at radius 1 is 1.75 bits per heavy atom. The maximum Gasteiger partial charge on any atom is 0.159 e. The number of nitrogens with two attached hydrogens (primary N) is 1. The molecule has 0 aromatic rings. The van der Waals surface area contributed by atoms with Gasteiger partial charge in [0, 0.05) is 0 Å². The van der Waals surface area contributed by atoms with Crippen LogP contribution in [0.3, 0.4) is 0 Å². The van der Waals surface area contributed by atoms with Gasteiger partial charge in [-0.3, -0.25) is 0 Å².